The highest BCUT2D eigenvalue weighted by Gasteiger charge is 2.29. The number of non-ortho nitro benzene ring substituents is 1. The number of ether oxygens (including phenoxy) is 1. The van der Waals surface area contributed by atoms with Gasteiger partial charge in [-0.2, -0.15) is 0 Å². The highest BCUT2D eigenvalue weighted by Crippen LogP contribution is 2.23. The molecule has 7 nitrogen and oxygen atoms in total. The first-order chi connectivity index (χ1) is 9.80. The number of nitrogens with one attached hydrogen (secondary N) is 1. The molecule has 0 fully saturated rings. The first-order valence-corrected chi connectivity index (χ1v) is 6.73. The predicted molar refractivity (Wildman–Crippen MR) is 79.2 cm³/mol. The lowest BCUT2D eigenvalue weighted by Gasteiger charge is -2.27. The zero-order valence-corrected chi connectivity index (χ0v) is 12.5. The summed E-state index contributed by atoms with van der Waals surface area (Å²) in [6, 6.07) is 4.40. The molecule has 0 aliphatic rings. The maximum atomic E-state index is 11.5. The number of likely N-dealkylation sites (N-methyl/N-ethyl adjacent to an activating group) is 1. The van der Waals surface area contributed by atoms with Crippen LogP contribution in [0.5, 0.6) is 5.75 Å². The van der Waals surface area contributed by atoms with Crippen molar-refractivity contribution in [2.24, 2.45) is 5.73 Å². The summed E-state index contributed by atoms with van der Waals surface area (Å²) >= 11 is 0. The van der Waals surface area contributed by atoms with Crippen LogP contribution >= 0.6 is 0 Å². The van der Waals surface area contributed by atoms with Gasteiger partial charge in [-0.15, -0.1) is 0 Å². The van der Waals surface area contributed by atoms with Crippen LogP contribution in [-0.2, 0) is 4.79 Å². The normalized spacial score (nSPS) is 13.5. The third-order valence-corrected chi connectivity index (χ3v) is 3.34. The predicted octanol–water partition coefficient (Wildman–Crippen LogP) is 1.53. The average molecular weight is 295 g/mol. The van der Waals surface area contributed by atoms with E-state index >= 15 is 0 Å². The number of hydrogen-bond donors (Lipinski definition) is 2. The van der Waals surface area contributed by atoms with Gasteiger partial charge in [0.25, 0.3) is 5.69 Å². The number of nitro benzene ring substituents is 1. The van der Waals surface area contributed by atoms with Crippen LogP contribution in [-0.4, -0.2) is 29.5 Å². The molecule has 1 aromatic carbocycles. The molecule has 0 saturated carbocycles. The zero-order chi connectivity index (χ0) is 16.0. The molecule has 1 atom stereocenters. The molecule has 0 aromatic heterocycles. The van der Waals surface area contributed by atoms with Gasteiger partial charge in [0.2, 0.25) is 5.91 Å². The molecule has 0 radical (unpaired) electrons. The molecule has 1 amide bonds. The van der Waals surface area contributed by atoms with E-state index in [4.69, 9.17) is 10.5 Å². The van der Waals surface area contributed by atoms with Crippen molar-refractivity contribution < 1.29 is 14.5 Å². The van der Waals surface area contributed by atoms with E-state index in [1.165, 1.54) is 12.1 Å². The smallest absolute Gasteiger partial charge is 0.269 e. The SMILES string of the molecule is CCNC(C)(CCOc1ccc([N+](=O)[O-])cc1C)C(N)=O. The number of carbonyl (C=O) groups excluding carboxylic acids is 1. The van der Waals surface area contributed by atoms with E-state index in [1.807, 2.05) is 6.92 Å². The topological polar surface area (TPSA) is 107 Å². The lowest BCUT2D eigenvalue weighted by molar-refractivity contribution is -0.384. The van der Waals surface area contributed by atoms with Crippen molar-refractivity contribution in [3.05, 3.63) is 33.9 Å². The minimum atomic E-state index is -0.830. The Morgan fingerprint density at radius 2 is 2.19 bits per heavy atom. The van der Waals surface area contributed by atoms with Gasteiger partial charge in [-0.1, -0.05) is 6.92 Å². The number of nitro groups is 1. The fourth-order valence-corrected chi connectivity index (χ4v) is 1.96. The summed E-state index contributed by atoms with van der Waals surface area (Å²) in [4.78, 5) is 21.7. The quantitative estimate of drug-likeness (QED) is 0.558. The van der Waals surface area contributed by atoms with Crippen molar-refractivity contribution in [1.29, 1.82) is 0 Å². The average Bonchev–Trinajstić information content (AvgIpc) is 2.40. The van der Waals surface area contributed by atoms with Crippen molar-refractivity contribution in [2.45, 2.75) is 32.7 Å². The van der Waals surface area contributed by atoms with Gasteiger partial charge in [-0.25, -0.2) is 0 Å². The summed E-state index contributed by atoms with van der Waals surface area (Å²) in [6.45, 7) is 6.26. The van der Waals surface area contributed by atoms with Crippen molar-refractivity contribution in [3.63, 3.8) is 0 Å². The molecule has 0 bridgehead atoms. The number of aryl methyl sites for hydroxylation is 1. The number of hydrogen-bond acceptors (Lipinski definition) is 5. The van der Waals surface area contributed by atoms with Crippen molar-refractivity contribution in [3.8, 4) is 5.75 Å². The Labute approximate surface area is 123 Å². The van der Waals surface area contributed by atoms with Crippen molar-refractivity contribution >= 4 is 11.6 Å². The van der Waals surface area contributed by atoms with Gasteiger partial charge in [-0.3, -0.25) is 14.9 Å². The number of rotatable bonds is 8. The summed E-state index contributed by atoms with van der Waals surface area (Å²) < 4.78 is 5.59. The largest absolute Gasteiger partial charge is 0.493 e. The molecule has 3 N–H and O–H groups in total. The second-order valence-electron chi connectivity index (χ2n) is 5.03. The number of primary amides is 1. The highest BCUT2D eigenvalue weighted by molar-refractivity contribution is 5.84. The van der Waals surface area contributed by atoms with E-state index in [2.05, 4.69) is 5.32 Å². The molecular weight excluding hydrogens is 274 g/mol. The summed E-state index contributed by atoms with van der Waals surface area (Å²) in [5.41, 5.74) is 5.25. The Balaban J connectivity index is 2.67. The molecule has 0 aliphatic heterocycles. The van der Waals surface area contributed by atoms with E-state index in [1.54, 1.807) is 19.9 Å². The number of amides is 1. The molecule has 0 aliphatic carbocycles. The fourth-order valence-electron chi connectivity index (χ4n) is 1.96. The van der Waals surface area contributed by atoms with Crippen LogP contribution in [0, 0.1) is 17.0 Å². The van der Waals surface area contributed by atoms with Crippen molar-refractivity contribution in [1.82, 2.24) is 5.32 Å². The first-order valence-electron chi connectivity index (χ1n) is 6.73. The van der Waals surface area contributed by atoms with Gasteiger partial charge in [0.15, 0.2) is 0 Å². The minimum absolute atomic E-state index is 0.0227. The van der Waals surface area contributed by atoms with Gasteiger partial charge in [-0.05, 0) is 32.0 Å². The second-order valence-corrected chi connectivity index (χ2v) is 5.03. The van der Waals surface area contributed by atoms with Gasteiger partial charge in [0.05, 0.1) is 17.1 Å². The Kier molecular flexibility index (Phi) is 5.66. The van der Waals surface area contributed by atoms with Gasteiger partial charge >= 0.3 is 0 Å². The third-order valence-electron chi connectivity index (χ3n) is 3.34. The van der Waals surface area contributed by atoms with Crippen LogP contribution in [0.15, 0.2) is 18.2 Å². The van der Waals surface area contributed by atoms with E-state index in [-0.39, 0.29) is 12.3 Å². The minimum Gasteiger partial charge on any atom is -0.493 e. The Bertz CT molecular complexity index is 533. The third kappa shape index (κ3) is 4.42. The summed E-state index contributed by atoms with van der Waals surface area (Å²) in [6.07, 6.45) is 0.409. The van der Waals surface area contributed by atoms with Crippen LogP contribution in [0.2, 0.25) is 0 Å². The van der Waals surface area contributed by atoms with Gasteiger partial charge in [0.1, 0.15) is 5.75 Å². The monoisotopic (exact) mass is 295 g/mol. The number of benzene rings is 1. The van der Waals surface area contributed by atoms with Crippen LogP contribution in [0.1, 0.15) is 25.8 Å². The molecule has 0 heterocycles. The van der Waals surface area contributed by atoms with Gasteiger partial charge < -0.3 is 15.8 Å². The first kappa shape index (κ1) is 16.9. The van der Waals surface area contributed by atoms with E-state index < -0.39 is 16.4 Å². The molecule has 21 heavy (non-hydrogen) atoms. The molecule has 1 unspecified atom stereocenters. The fraction of sp³-hybridized carbons (Fsp3) is 0.500. The highest BCUT2D eigenvalue weighted by atomic mass is 16.6. The van der Waals surface area contributed by atoms with Crippen LogP contribution in [0.4, 0.5) is 5.69 Å². The van der Waals surface area contributed by atoms with E-state index in [9.17, 15) is 14.9 Å². The Hall–Kier alpha value is -2.15. The maximum absolute atomic E-state index is 11.5. The lowest BCUT2D eigenvalue weighted by Crippen LogP contribution is -2.53. The second kappa shape index (κ2) is 7.03. The molecular formula is C14H21N3O4. The molecule has 7 heteroatoms. The maximum Gasteiger partial charge on any atom is 0.269 e. The van der Waals surface area contributed by atoms with Crippen LogP contribution < -0.4 is 15.8 Å². The summed E-state index contributed by atoms with van der Waals surface area (Å²) in [7, 11) is 0. The molecule has 1 aromatic rings. The lowest BCUT2D eigenvalue weighted by atomic mass is 9.97. The standard InChI is InChI=1S/C14H21N3O4/c1-4-16-14(3,13(15)18)7-8-21-12-6-5-11(17(19)20)9-10(12)2/h5-6,9,16H,4,7-8H2,1-3H3,(H2,15,18). The van der Waals surface area contributed by atoms with Gasteiger partial charge in [0, 0.05) is 18.6 Å². The van der Waals surface area contributed by atoms with E-state index in [0.29, 0.717) is 24.3 Å². The van der Waals surface area contributed by atoms with Crippen LogP contribution in [0.3, 0.4) is 0 Å². The molecule has 0 spiro atoms. The number of nitrogens with two attached hydrogens (primary N) is 1. The summed E-state index contributed by atoms with van der Waals surface area (Å²) in [5, 5.41) is 13.7. The Morgan fingerprint density at radius 3 is 2.67 bits per heavy atom. The van der Waals surface area contributed by atoms with E-state index in [0.717, 1.165) is 0 Å². The summed E-state index contributed by atoms with van der Waals surface area (Å²) in [5.74, 6) is 0.122. The molecule has 0 saturated heterocycles. The Morgan fingerprint density at radius 1 is 1.52 bits per heavy atom. The molecule has 116 valence electrons. The van der Waals surface area contributed by atoms with Crippen molar-refractivity contribution in [2.75, 3.05) is 13.2 Å². The zero-order valence-electron chi connectivity index (χ0n) is 12.5. The van der Waals surface area contributed by atoms with Crippen LogP contribution in [0.25, 0.3) is 0 Å². The number of carbonyl (C=O) groups is 1. The number of nitrogens with zero attached hydrogens (tertiary/aromatic N) is 1. The molecule has 1 rings (SSSR count).